The van der Waals surface area contributed by atoms with Crippen LogP contribution in [0.15, 0.2) is 29.3 Å². The summed E-state index contributed by atoms with van der Waals surface area (Å²) >= 11 is 0. The Morgan fingerprint density at radius 3 is 2.63 bits per heavy atom. The first kappa shape index (κ1) is 14.3. The van der Waals surface area contributed by atoms with E-state index >= 15 is 0 Å². The topological polar surface area (TPSA) is 42.3 Å². The van der Waals surface area contributed by atoms with Gasteiger partial charge in [-0.2, -0.15) is 0 Å². The molecule has 0 spiro atoms. The van der Waals surface area contributed by atoms with E-state index < -0.39 is 14.9 Å². The van der Waals surface area contributed by atoms with Crippen molar-refractivity contribution in [2.24, 2.45) is 0 Å². The van der Waals surface area contributed by atoms with Gasteiger partial charge >= 0.3 is 0 Å². The van der Waals surface area contributed by atoms with Crippen molar-refractivity contribution < 1.29 is 12.8 Å². The van der Waals surface area contributed by atoms with Gasteiger partial charge in [-0.15, -0.1) is 0 Å². The van der Waals surface area contributed by atoms with Gasteiger partial charge in [0.25, 0.3) is 9.05 Å². The van der Waals surface area contributed by atoms with Crippen molar-refractivity contribution in [3.63, 3.8) is 0 Å². The van der Waals surface area contributed by atoms with Gasteiger partial charge in [0.15, 0.2) is 0 Å². The Labute approximate surface area is 115 Å². The quantitative estimate of drug-likeness (QED) is 0.814. The average molecular weight is 305 g/mol. The first-order valence-electron chi connectivity index (χ1n) is 5.67. The van der Waals surface area contributed by atoms with Crippen LogP contribution in [0, 0.1) is 5.82 Å². The zero-order valence-corrected chi connectivity index (χ0v) is 12.2. The van der Waals surface area contributed by atoms with E-state index in [1.807, 2.05) is 19.0 Å². The second-order valence-corrected chi connectivity index (χ2v) is 7.12. The van der Waals surface area contributed by atoms with E-state index in [0.717, 1.165) is 6.54 Å². The molecule has 0 aliphatic heterocycles. The highest BCUT2D eigenvalue weighted by Crippen LogP contribution is 2.28. The largest absolute Gasteiger partial charge is 0.345 e. The van der Waals surface area contributed by atoms with Crippen LogP contribution in [-0.4, -0.2) is 38.5 Å². The minimum Gasteiger partial charge on any atom is -0.345 e. The molecule has 0 aliphatic rings. The molecule has 0 saturated carbocycles. The Kier molecular flexibility index (Phi) is 3.85. The van der Waals surface area contributed by atoms with Gasteiger partial charge in [0.05, 0.1) is 0 Å². The van der Waals surface area contributed by atoms with Gasteiger partial charge in [-0.25, -0.2) is 12.8 Å². The molecule has 1 aromatic heterocycles. The van der Waals surface area contributed by atoms with Crippen molar-refractivity contribution in [1.29, 1.82) is 0 Å². The Hall–Kier alpha value is -1.11. The van der Waals surface area contributed by atoms with Crippen LogP contribution in [0.25, 0.3) is 10.9 Å². The standard InChI is InChI=1S/C12H14ClFN2O2S/c1-15(2)5-6-16-8-12(19(13,17)18)10-7-9(14)3-4-11(10)16/h3-4,7-8H,5-6H2,1-2H3. The van der Waals surface area contributed by atoms with E-state index in [1.54, 1.807) is 10.6 Å². The molecule has 104 valence electrons. The number of nitrogens with zero attached hydrogens (tertiary/aromatic N) is 2. The number of halogens is 2. The molecule has 0 atom stereocenters. The number of hydrogen-bond acceptors (Lipinski definition) is 3. The van der Waals surface area contributed by atoms with Gasteiger partial charge in [0.1, 0.15) is 10.7 Å². The maximum Gasteiger partial charge on any atom is 0.263 e. The van der Waals surface area contributed by atoms with Gasteiger partial charge < -0.3 is 9.47 Å². The third-order valence-corrected chi connectivity index (χ3v) is 4.21. The van der Waals surface area contributed by atoms with Crippen LogP contribution in [0.4, 0.5) is 4.39 Å². The summed E-state index contributed by atoms with van der Waals surface area (Å²) in [6.45, 7) is 1.34. The molecule has 1 aromatic carbocycles. The minimum absolute atomic E-state index is 0.0533. The lowest BCUT2D eigenvalue weighted by Crippen LogP contribution is -2.17. The van der Waals surface area contributed by atoms with Crippen LogP contribution in [0.2, 0.25) is 0 Å². The SMILES string of the molecule is CN(C)CCn1cc(S(=O)(=O)Cl)c2cc(F)ccc21. The van der Waals surface area contributed by atoms with Gasteiger partial charge in [0, 0.05) is 40.9 Å². The number of fused-ring (bicyclic) bond motifs is 1. The molecular formula is C12H14ClFN2O2S. The molecule has 19 heavy (non-hydrogen) atoms. The lowest BCUT2D eigenvalue weighted by Gasteiger charge is -2.10. The predicted octanol–water partition coefficient (Wildman–Crippen LogP) is 2.27. The highest BCUT2D eigenvalue weighted by Gasteiger charge is 2.19. The maximum absolute atomic E-state index is 13.3. The molecule has 4 nitrogen and oxygen atoms in total. The summed E-state index contributed by atoms with van der Waals surface area (Å²) in [5, 5.41) is 0.314. The van der Waals surface area contributed by atoms with E-state index in [0.29, 0.717) is 17.4 Å². The Morgan fingerprint density at radius 2 is 2.05 bits per heavy atom. The number of likely N-dealkylation sites (N-methyl/N-ethyl adjacent to an activating group) is 1. The summed E-state index contributed by atoms with van der Waals surface area (Å²) in [6.07, 6.45) is 1.45. The lowest BCUT2D eigenvalue weighted by molar-refractivity contribution is 0.386. The molecule has 1 heterocycles. The van der Waals surface area contributed by atoms with Crippen molar-refractivity contribution in [3.05, 3.63) is 30.2 Å². The van der Waals surface area contributed by atoms with Crippen LogP contribution < -0.4 is 0 Å². The van der Waals surface area contributed by atoms with E-state index in [1.165, 1.54) is 18.3 Å². The van der Waals surface area contributed by atoms with E-state index in [2.05, 4.69) is 0 Å². The van der Waals surface area contributed by atoms with Crippen molar-refractivity contribution in [1.82, 2.24) is 9.47 Å². The Balaban J connectivity index is 2.60. The monoisotopic (exact) mass is 304 g/mol. The lowest BCUT2D eigenvalue weighted by atomic mass is 10.2. The summed E-state index contributed by atoms with van der Waals surface area (Å²) in [5.41, 5.74) is 0.655. The molecule has 0 amide bonds. The molecule has 0 N–H and O–H groups in total. The van der Waals surface area contributed by atoms with Crippen molar-refractivity contribution >= 4 is 30.6 Å². The second-order valence-electron chi connectivity index (χ2n) is 4.59. The van der Waals surface area contributed by atoms with Gasteiger partial charge in [-0.1, -0.05) is 0 Å². The van der Waals surface area contributed by atoms with Crippen LogP contribution >= 0.6 is 10.7 Å². The highest BCUT2D eigenvalue weighted by atomic mass is 35.7. The molecule has 7 heteroatoms. The van der Waals surface area contributed by atoms with Crippen LogP contribution in [0.3, 0.4) is 0 Å². The minimum atomic E-state index is -3.89. The second kappa shape index (κ2) is 5.11. The summed E-state index contributed by atoms with van der Waals surface area (Å²) in [6, 6.07) is 4.06. The Bertz CT molecular complexity index is 710. The zero-order chi connectivity index (χ0) is 14.2. The van der Waals surface area contributed by atoms with Gasteiger partial charge in [-0.3, -0.25) is 0 Å². The van der Waals surface area contributed by atoms with Gasteiger partial charge in [0.2, 0.25) is 0 Å². The first-order chi connectivity index (χ1) is 8.79. The van der Waals surface area contributed by atoms with Crippen LogP contribution in [0.1, 0.15) is 0 Å². The highest BCUT2D eigenvalue weighted by molar-refractivity contribution is 8.14. The number of hydrogen-bond donors (Lipinski definition) is 0. The fourth-order valence-corrected chi connectivity index (χ4v) is 2.97. The molecule has 2 rings (SSSR count). The molecule has 0 unspecified atom stereocenters. The molecule has 0 radical (unpaired) electrons. The van der Waals surface area contributed by atoms with Gasteiger partial charge in [-0.05, 0) is 32.3 Å². The van der Waals surface area contributed by atoms with Crippen LogP contribution in [-0.2, 0) is 15.6 Å². The maximum atomic E-state index is 13.3. The predicted molar refractivity (Wildman–Crippen MR) is 73.5 cm³/mol. The van der Waals surface area contributed by atoms with E-state index in [9.17, 15) is 12.8 Å². The summed E-state index contributed by atoms with van der Waals surface area (Å²) in [7, 11) is 5.34. The van der Waals surface area contributed by atoms with Crippen molar-refractivity contribution in [3.8, 4) is 0 Å². The van der Waals surface area contributed by atoms with Crippen molar-refractivity contribution in [2.45, 2.75) is 11.4 Å². The molecule has 0 fully saturated rings. The zero-order valence-electron chi connectivity index (χ0n) is 10.6. The summed E-state index contributed by atoms with van der Waals surface area (Å²) in [4.78, 5) is 1.92. The fraction of sp³-hybridized carbons (Fsp3) is 0.333. The average Bonchev–Trinajstić information content (AvgIpc) is 2.64. The fourth-order valence-electron chi connectivity index (χ4n) is 1.92. The smallest absolute Gasteiger partial charge is 0.263 e. The molecule has 0 bridgehead atoms. The van der Waals surface area contributed by atoms with Crippen LogP contribution in [0.5, 0.6) is 0 Å². The Morgan fingerprint density at radius 1 is 1.37 bits per heavy atom. The normalized spacial score (nSPS) is 12.5. The van der Waals surface area contributed by atoms with Crippen molar-refractivity contribution in [2.75, 3.05) is 20.6 Å². The number of aromatic nitrogens is 1. The third kappa shape index (κ3) is 3.08. The number of rotatable bonds is 4. The first-order valence-corrected chi connectivity index (χ1v) is 7.98. The molecule has 0 aliphatic carbocycles. The summed E-state index contributed by atoms with van der Waals surface area (Å²) in [5.74, 6) is -0.487. The molecular weight excluding hydrogens is 291 g/mol. The van der Waals surface area contributed by atoms with E-state index in [4.69, 9.17) is 10.7 Å². The molecule has 0 saturated heterocycles. The number of benzene rings is 1. The molecule has 2 aromatic rings. The summed E-state index contributed by atoms with van der Waals surface area (Å²) < 4.78 is 38.1. The van der Waals surface area contributed by atoms with E-state index in [-0.39, 0.29) is 4.90 Å². The third-order valence-electron chi connectivity index (χ3n) is 2.86.